The fraction of sp³-hybridized carbons (Fsp3) is 0.576. The summed E-state index contributed by atoms with van der Waals surface area (Å²) in [6.07, 6.45) is 10.5. The summed E-state index contributed by atoms with van der Waals surface area (Å²) in [4.78, 5) is 15.8. The highest BCUT2D eigenvalue weighted by molar-refractivity contribution is 7.16. The Morgan fingerprint density at radius 3 is 2.72 bits per heavy atom. The van der Waals surface area contributed by atoms with E-state index < -0.39 is 11.0 Å². The van der Waals surface area contributed by atoms with Crippen LogP contribution in [0.5, 0.6) is 0 Å². The van der Waals surface area contributed by atoms with Crippen LogP contribution in [-0.2, 0) is 18.3 Å². The Labute approximate surface area is 271 Å². The molecule has 2 aliphatic carbocycles. The van der Waals surface area contributed by atoms with Gasteiger partial charge in [-0.05, 0) is 90.3 Å². The van der Waals surface area contributed by atoms with Crippen molar-refractivity contribution in [3.05, 3.63) is 33.5 Å². The first-order chi connectivity index (χ1) is 22.3. The molecule has 46 heavy (non-hydrogen) atoms. The summed E-state index contributed by atoms with van der Waals surface area (Å²) in [5, 5.41) is 41.8. The summed E-state index contributed by atoms with van der Waals surface area (Å²) in [5.41, 5.74) is 8.37. The number of nitrogen functional groups attached to an aromatic ring is 1. The van der Waals surface area contributed by atoms with Gasteiger partial charge in [-0.15, -0.1) is 11.3 Å². The fourth-order valence-corrected chi connectivity index (χ4v) is 9.95. The zero-order valence-corrected chi connectivity index (χ0v) is 27.1. The van der Waals surface area contributed by atoms with Crippen LogP contribution in [0.2, 0.25) is 0 Å². The van der Waals surface area contributed by atoms with Gasteiger partial charge < -0.3 is 25.2 Å². The number of nitriles is 2. The van der Waals surface area contributed by atoms with Crippen LogP contribution in [-0.4, -0.2) is 73.2 Å². The summed E-state index contributed by atoms with van der Waals surface area (Å²) in [5.74, 6) is 1.90. The molecule has 3 N–H and O–H groups in total. The molecule has 8 rings (SSSR count). The largest absolute Gasteiger partial charge is 0.389 e. The minimum atomic E-state index is -1.45. The first kappa shape index (κ1) is 29.4. The average Bonchev–Trinajstić information content (AvgIpc) is 3.85. The number of anilines is 2. The van der Waals surface area contributed by atoms with E-state index in [-0.39, 0.29) is 12.6 Å². The molecule has 2 aliphatic heterocycles. The van der Waals surface area contributed by atoms with Gasteiger partial charge in [0.25, 0.3) is 0 Å². The molecule has 0 radical (unpaired) electrons. The number of nitrogens with zero attached hydrogens (tertiary/aromatic N) is 9. The Hall–Kier alpha value is -4.04. The molecule has 238 valence electrons. The van der Waals surface area contributed by atoms with Crippen LogP contribution in [0.25, 0.3) is 22.6 Å². The molecule has 2 fully saturated rings. The number of aliphatic hydroxyl groups is 1. The third-order valence-electron chi connectivity index (χ3n) is 11.0. The molecule has 2 saturated heterocycles. The van der Waals surface area contributed by atoms with E-state index in [9.17, 15) is 15.6 Å². The molecule has 0 aromatic carbocycles. The Bertz CT molecular complexity index is 1930. The van der Waals surface area contributed by atoms with E-state index >= 15 is 0 Å². The van der Waals surface area contributed by atoms with Crippen LogP contribution in [0, 0.1) is 22.7 Å². The number of nitrogens with two attached hydrogens (primary N) is 1. The number of hydrogen-bond acceptors (Lipinski definition) is 12. The average molecular weight is 639 g/mol. The maximum Gasteiger partial charge on any atom is 0.186 e. The molecule has 0 unspecified atom stereocenters. The van der Waals surface area contributed by atoms with Gasteiger partial charge in [-0.1, -0.05) is 5.16 Å². The summed E-state index contributed by atoms with van der Waals surface area (Å²) in [6, 6.07) is 4.91. The first-order valence-electron chi connectivity index (χ1n) is 16.4. The Morgan fingerprint density at radius 2 is 1.96 bits per heavy atom. The number of thiophene rings is 1. The number of rotatable bonds is 4. The predicted octanol–water partition coefficient (Wildman–Crippen LogP) is 4.47. The number of likely N-dealkylation sites (tertiary alicyclic amines) is 1. The molecular weight excluding hydrogens is 600 g/mol. The number of piperidine rings is 1. The minimum absolute atomic E-state index is 0.0709. The van der Waals surface area contributed by atoms with Crippen LogP contribution >= 0.6 is 11.3 Å². The highest BCUT2D eigenvalue weighted by Gasteiger charge is 2.49. The molecule has 4 aromatic rings. The maximum atomic E-state index is 11.0. The second kappa shape index (κ2) is 10.8. The summed E-state index contributed by atoms with van der Waals surface area (Å²) >= 11 is 1.53. The SMILES string of the molecule is C[C@@H]([C@@H]1CCCN1C)n1ncc2c(N3CCC[C@](O)(C#N)C3)nc(-c3noc4c3CCC[C@@]43CCCc4sc(N)c(C#N)c43)nc21. The fourth-order valence-electron chi connectivity index (χ4n) is 8.79. The van der Waals surface area contributed by atoms with Crippen LogP contribution < -0.4 is 10.6 Å². The maximum absolute atomic E-state index is 11.0. The van der Waals surface area contributed by atoms with Gasteiger partial charge in [0.2, 0.25) is 0 Å². The Kier molecular flexibility index (Phi) is 6.87. The van der Waals surface area contributed by atoms with Crippen LogP contribution in [0.4, 0.5) is 10.8 Å². The third kappa shape index (κ3) is 4.29. The molecular formula is C33H38N10O2S. The highest BCUT2D eigenvalue weighted by Crippen LogP contribution is 2.55. The van der Waals surface area contributed by atoms with Gasteiger partial charge in [-0.3, -0.25) is 0 Å². The van der Waals surface area contributed by atoms with Gasteiger partial charge in [0.05, 0.1) is 41.2 Å². The van der Waals surface area contributed by atoms with Crippen LogP contribution in [0.15, 0.2) is 10.7 Å². The van der Waals surface area contributed by atoms with Crippen molar-refractivity contribution >= 4 is 33.2 Å². The van der Waals surface area contributed by atoms with Crippen molar-refractivity contribution in [3.63, 3.8) is 0 Å². The molecule has 4 aromatic heterocycles. The van der Waals surface area contributed by atoms with Crippen molar-refractivity contribution in [2.45, 2.75) is 94.2 Å². The lowest BCUT2D eigenvalue weighted by Crippen LogP contribution is -2.47. The molecule has 12 nitrogen and oxygen atoms in total. The van der Waals surface area contributed by atoms with Crippen LogP contribution in [0.3, 0.4) is 0 Å². The van der Waals surface area contributed by atoms with Gasteiger partial charge >= 0.3 is 0 Å². The van der Waals surface area contributed by atoms with Crippen molar-refractivity contribution in [1.82, 2.24) is 29.8 Å². The van der Waals surface area contributed by atoms with Crippen molar-refractivity contribution in [3.8, 4) is 23.7 Å². The minimum Gasteiger partial charge on any atom is -0.389 e. The highest BCUT2D eigenvalue weighted by atomic mass is 32.1. The monoisotopic (exact) mass is 638 g/mol. The summed E-state index contributed by atoms with van der Waals surface area (Å²) in [6.45, 7) is 4.05. The quantitative estimate of drug-likeness (QED) is 0.302. The molecule has 1 spiro atoms. The summed E-state index contributed by atoms with van der Waals surface area (Å²) in [7, 11) is 2.16. The van der Waals surface area contributed by atoms with Gasteiger partial charge in [0, 0.05) is 23.0 Å². The van der Waals surface area contributed by atoms with E-state index in [4.69, 9.17) is 25.3 Å². The number of likely N-dealkylation sites (N-methyl/N-ethyl adjacent to an activating group) is 1. The molecule has 0 saturated carbocycles. The van der Waals surface area contributed by atoms with Gasteiger partial charge in [0.15, 0.2) is 28.5 Å². The lowest BCUT2D eigenvalue weighted by atomic mass is 9.63. The van der Waals surface area contributed by atoms with E-state index in [0.717, 1.165) is 80.2 Å². The molecule has 6 heterocycles. The Balaban J connectivity index is 1.30. The molecule has 13 heteroatoms. The molecule has 0 bridgehead atoms. The molecule has 0 amide bonds. The van der Waals surface area contributed by atoms with Crippen molar-refractivity contribution in [2.24, 2.45) is 0 Å². The van der Waals surface area contributed by atoms with Crippen molar-refractivity contribution < 1.29 is 9.63 Å². The zero-order valence-electron chi connectivity index (χ0n) is 26.3. The topological polar surface area (TPSA) is 170 Å². The smallest absolute Gasteiger partial charge is 0.186 e. The second-order valence-corrected chi connectivity index (χ2v) is 14.8. The number of fused-ring (bicyclic) bond motifs is 5. The van der Waals surface area contributed by atoms with Crippen molar-refractivity contribution in [2.75, 3.05) is 37.3 Å². The lowest BCUT2D eigenvalue weighted by Gasteiger charge is -2.39. The van der Waals surface area contributed by atoms with E-state index in [1.54, 1.807) is 0 Å². The van der Waals surface area contributed by atoms with E-state index in [1.165, 1.54) is 16.2 Å². The number of aromatic nitrogens is 5. The zero-order chi connectivity index (χ0) is 31.8. The van der Waals surface area contributed by atoms with E-state index in [0.29, 0.717) is 59.0 Å². The van der Waals surface area contributed by atoms with E-state index in [1.807, 2.05) is 15.8 Å². The third-order valence-corrected chi connectivity index (χ3v) is 12.1. The molecule has 4 atom stereocenters. The van der Waals surface area contributed by atoms with Crippen molar-refractivity contribution in [1.29, 1.82) is 10.5 Å². The number of β-amino-alcohol motifs (C(OH)–C–C–N with tert-alkyl or cyclic N) is 1. The van der Waals surface area contributed by atoms with Gasteiger partial charge in [0.1, 0.15) is 16.9 Å². The van der Waals surface area contributed by atoms with Gasteiger partial charge in [-0.25, -0.2) is 14.6 Å². The standard InChI is InChI=1S/C33H38N10O2S/c1-19(23-8-5-13-41(23)2)43-31-22(16-37-43)30(42-14-6-10-32(44,17-35)18-42)38-29(39-31)26-20-7-3-11-33(27(20)45-40-26)12-4-9-24-25(33)21(15-34)28(36)46-24/h16,19,23,44H,3-14,18,36H2,1-2H3/t19-,23-,32-,33-/m0/s1. The van der Waals surface area contributed by atoms with Gasteiger partial charge in [-0.2, -0.15) is 15.6 Å². The number of hydrogen-bond donors (Lipinski definition) is 2. The Morgan fingerprint density at radius 1 is 1.13 bits per heavy atom. The van der Waals surface area contributed by atoms with E-state index in [2.05, 4.69) is 36.2 Å². The first-order valence-corrected chi connectivity index (χ1v) is 17.2. The second-order valence-electron chi connectivity index (χ2n) is 13.7. The normalized spacial score (nSPS) is 27.0. The van der Waals surface area contributed by atoms with Crippen LogP contribution in [0.1, 0.15) is 91.7 Å². The number of aryl methyl sites for hydroxylation is 1. The molecule has 4 aliphatic rings. The predicted molar refractivity (Wildman–Crippen MR) is 173 cm³/mol. The lowest BCUT2D eigenvalue weighted by molar-refractivity contribution is 0.0818. The summed E-state index contributed by atoms with van der Waals surface area (Å²) < 4.78 is 8.31.